The van der Waals surface area contributed by atoms with Crippen LogP contribution in [-0.2, 0) is 9.53 Å². The van der Waals surface area contributed by atoms with Gasteiger partial charge in [0.15, 0.2) is 0 Å². The summed E-state index contributed by atoms with van der Waals surface area (Å²) in [4.78, 5) is 13.4. The average Bonchev–Trinajstić information content (AvgIpc) is 2.69. The number of carbonyl (C=O) groups is 1. The highest BCUT2D eigenvalue weighted by molar-refractivity contribution is 6.33. The fourth-order valence-corrected chi connectivity index (χ4v) is 3.45. The quantitative estimate of drug-likeness (QED) is 0.466. The van der Waals surface area contributed by atoms with Crippen molar-refractivity contribution < 1.29 is 9.53 Å². The molecular weight excluding hydrogens is 382 g/mol. The van der Waals surface area contributed by atoms with Crippen LogP contribution in [0.15, 0.2) is 84.9 Å². The van der Waals surface area contributed by atoms with E-state index in [9.17, 15) is 4.79 Å². The maximum absolute atomic E-state index is 13.4. The second kappa shape index (κ2) is 9.15. The van der Waals surface area contributed by atoms with E-state index in [2.05, 4.69) is 5.32 Å². The van der Waals surface area contributed by atoms with E-state index in [-0.39, 0.29) is 12.0 Å². The third-order valence-electron chi connectivity index (χ3n) is 4.50. The van der Waals surface area contributed by atoms with Crippen molar-refractivity contribution in [1.29, 1.82) is 0 Å². The highest BCUT2D eigenvalue weighted by Crippen LogP contribution is 2.37. The lowest BCUT2D eigenvalue weighted by Crippen LogP contribution is -2.33. The molecule has 0 spiro atoms. The molecular formula is C25H26ClNO2. The standard InChI is InChI=1S/C25H26ClNO2/c1-25(2,3)29-24(28)22(18-12-6-4-7-13-18)23(19-14-8-5-9-15-19)27-21-17-11-10-16-20(21)26/h4-17,22-23,27H,1-3H3/t22-,23+/m0/s1. The first-order valence-electron chi connectivity index (χ1n) is 9.69. The number of carbonyl (C=O) groups excluding carboxylic acids is 1. The highest BCUT2D eigenvalue weighted by atomic mass is 35.5. The van der Waals surface area contributed by atoms with E-state index < -0.39 is 11.5 Å². The Hall–Kier alpha value is -2.78. The van der Waals surface area contributed by atoms with Crippen LogP contribution < -0.4 is 5.32 Å². The molecule has 0 aromatic heterocycles. The normalized spacial score (nSPS) is 13.4. The smallest absolute Gasteiger partial charge is 0.316 e. The van der Waals surface area contributed by atoms with Crippen molar-refractivity contribution in [2.24, 2.45) is 0 Å². The minimum Gasteiger partial charge on any atom is -0.459 e. The zero-order valence-corrected chi connectivity index (χ0v) is 17.7. The molecule has 0 unspecified atom stereocenters. The number of hydrogen-bond acceptors (Lipinski definition) is 3. The molecule has 2 atom stereocenters. The van der Waals surface area contributed by atoms with Crippen LogP contribution in [0.3, 0.4) is 0 Å². The van der Waals surface area contributed by atoms with Gasteiger partial charge in [-0.05, 0) is 44.0 Å². The number of anilines is 1. The second-order valence-electron chi connectivity index (χ2n) is 7.93. The molecule has 3 aromatic carbocycles. The van der Waals surface area contributed by atoms with Gasteiger partial charge in [0.2, 0.25) is 0 Å². The molecule has 0 bridgehead atoms. The van der Waals surface area contributed by atoms with Crippen molar-refractivity contribution in [1.82, 2.24) is 0 Å². The molecule has 0 saturated carbocycles. The Morgan fingerprint density at radius 3 is 1.90 bits per heavy atom. The summed E-state index contributed by atoms with van der Waals surface area (Å²) in [6.07, 6.45) is 0. The van der Waals surface area contributed by atoms with Crippen LogP contribution in [0, 0.1) is 0 Å². The largest absolute Gasteiger partial charge is 0.459 e. The van der Waals surface area contributed by atoms with E-state index in [4.69, 9.17) is 16.3 Å². The van der Waals surface area contributed by atoms with Gasteiger partial charge in [-0.25, -0.2) is 0 Å². The SMILES string of the molecule is CC(C)(C)OC(=O)[C@@H](c1ccccc1)[C@H](Nc1ccccc1Cl)c1ccccc1. The van der Waals surface area contributed by atoms with Crippen LogP contribution in [0.25, 0.3) is 0 Å². The van der Waals surface area contributed by atoms with Gasteiger partial charge >= 0.3 is 5.97 Å². The van der Waals surface area contributed by atoms with Crippen LogP contribution in [0.5, 0.6) is 0 Å². The summed E-state index contributed by atoms with van der Waals surface area (Å²) in [5.41, 5.74) is 2.05. The monoisotopic (exact) mass is 407 g/mol. The zero-order chi connectivity index (χ0) is 20.9. The first kappa shape index (κ1) is 20.9. The van der Waals surface area contributed by atoms with Crippen LogP contribution >= 0.6 is 11.6 Å². The van der Waals surface area contributed by atoms with Gasteiger partial charge in [-0.15, -0.1) is 0 Å². The number of nitrogens with one attached hydrogen (secondary N) is 1. The van der Waals surface area contributed by atoms with Gasteiger partial charge in [0.05, 0.1) is 16.8 Å². The molecule has 0 aliphatic carbocycles. The van der Waals surface area contributed by atoms with Gasteiger partial charge in [-0.3, -0.25) is 4.79 Å². The summed E-state index contributed by atoms with van der Waals surface area (Å²) in [5, 5.41) is 4.10. The zero-order valence-electron chi connectivity index (χ0n) is 16.9. The molecule has 0 radical (unpaired) electrons. The Labute approximate surface area is 177 Å². The summed E-state index contributed by atoms with van der Waals surface area (Å²) in [7, 11) is 0. The molecule has 0 amide bonds. The fraction of sp³-hybridized carbons (Fsp3) is 0.240. The number of benzene rings is 3. The molecule has 150 valence electrons. The van der Waals surface area contributed by atoms with E-state index in [0.717, 1.165) is 16.8 Å². The molecule has 0 saturated heterocycles. The molecule has 0 fully saturated rings. The Bertz CT molecular complexity index is 936. The molecule has 0 aliphatic heterocycles. The maximum atomic E-state index is 13.4. The van der Waals surface area contributed by atoms with E-state index in [1.165, 1.54) is 0 Å². The Morgan fingerprint density at radius 1 is 0.828 bits per heavy atom. The highest BCUT2D eigenvalue weighted by Gasteiger charge is 2.35. The molecule has 29 heavy (non-hydrogen) atoms. The maximum Gasteiger partial charge on any atom is 0.316 e. The number of esters is 1. The third kappa shape index (κ3) is 5.61. The van der Waals surface area contributed by atoms with E-state index >= 15 is 0 Å². The first-order valence-corrected chi connectivity index (χ1v) is 10.1. The lowest BCUT2D eigenvalue weighted by molar-refractivity contribution is -0.157. The Morgan fingerprint density at radius 2 is 1.34 bits per heavy atom. The predicted molar refractivity (Wildman–Crippen MR) is 119 cm³/mol. The van der Waals surface area contributed by atoms with Crippen molar-refractivity contribution in [3.8, 4) is 0 Å². The van der Waals surface area contributed by atoms with Crippen molar-refractivity contribution in [2.45, 2.75) is 38.3 Å². The van der Waals surface area contributed by atoms with Gasteiger partial charge in [-0.2, -0.15) is 0 Å². The molecule has 0 heterocycles. The van der Waals surface area contributed by atoms with Gasteiger partial charge in [0.1, 0.15) is 11.5 Å². The Balaban J connectivity index is 2.09. The van der Waals surface area contributed by atoms with Crippen molar-refractivity contribution in [3.05, 3.63) is 101 Å². The van der Waals surface area contributed by atoms with Crippen LogP contribution in [0.1, 0.15) is 43.9 Å². The fourth-order valence-electron chi connectivity index (χ4n) is 3.26. The third-order valence-corrected chi connectivity index (χ3v) is 4.83. The van der Waals surface area contributed by atoms with Crippen molar-refractivity contribution >= 4 is 23.3 Å². The Kier molecular flexibility index (Phi) is 6.60. The lowest BCUT2D eigenvalue weighted by atomic mass is 9.86. The molecule has 3 rings (SSSR count). The number of rotatable bonds is 6. The van der Waals surface area contributed by atoms with Crippen molar-refractivity contribution in [3.63, 3.8) is 0 Å². The molecule has 1 N–H and O–H groups in total. The van der Waals surface area contributed by atoms with Crippen LogP contribution in [-0.4, -0.2) is 11.6 Å². The summed E-state index contributed by atoms with van der Waals surface area (Å²) >= 11 is 6.41. The predicted octanol–water partition coefficient (Wildman–Crippen LogP) is 6.62. The molecule has 0 aliphatic rings. The summed E-state index contributed by atoms with van der Waals surface area (Å²) < 4.78 is 5.81. The van der Waals surface area contributed by atoms with Gasteiger partial charge in [0, 0.05) is 0 Å². The van der Waals surface area contributed by atoms with Crippen molar-refractivity contribution in [2.75, 3.05) is 5.32 Å². The molecule has 3 aromatic rings. The minimum atomic E-state index is -0.588. The number of para-hydroxylation sites is 1. The number of hydrogen-bond donors (Lipinski definition) is 1. The molecule has 3 nitrogen and oxygen atoms in total. The van der Waals surface area contributed by atoms with Gasteiger partial charge in [0.25, 0.3) is 0 Å². The first-order chi connectivity index (χ1) is 13.8. The van der Waals surface area contributed by atoms with Crippen LogP contribution in [0.2, 0.25) is 5.02 Å². The van der Waals surface area contributed by atoms with E-state index in [1.54, 1.807) is 0 Å². The minimum absolute atomic E-state index is 0.280. The lowest BCUT2D eigenvalue weighted by Gasteiger charge is -2.31. The van der Waals surface area contributed by atoms with E-state index in [0.29, 0.717) is 5.02 Å². The number of ether oxygens (including phenoxy) is 1. The van der Waals surface area contributed by atoms with Crippen LogP contribution in [0.4, 0.5) is 5.69 Å². The number of halogens is 1. The second-order valence-corrected chi connectivity index (χ2v) is 8.34. The summed E-state index contributed by atoms with van der Waals surface area (Å²) in [6, 6.07) is 26.8. The van der Waals surface area contributed by atoms with Gasteiger partial charge < -0.3 is 10.1 Å². The van der Waals surface area contributed by atoms with Gasteiger partial charge in [-0.1, -0.05) is 84.4 Å². The summed E-state index contributed by atoms with van der Waals surface area (Å²) in [5.74, 6) is -0.828. The average molecular weight is 408 g/mol. The topological polar surface area (TPSA) is 38.3 Å². The molecule has 4 heteroatoms. The van der Waals surface area contributed by atoms with E-state index in [1.807, 2.05) is 106 Å². The summed E-state index contributed by atoms with van der Waals surface area (Å²) in [6.45, 7) is 5.64.